The van der Waals surface area contributed by atoms with Crippen LogP contribution in [0.25, 0.3) is 10.8 Å². The number of carbonyl (C=O) groups excluding carboxylic acids is 2. The summed E-state index contributed by atoms with van der Waals surface area (Å²) in [7, 11) is -1.79. The van der Waals surface area contributed by atoms with Crippen LogP contribution in [0.3, 0.4) is 0 Å². The first-order valence-electron chi connectivity index (χ1n) is 12.4. The van der Waals surface area contributed by atoms with Crippen LogP contribution in [0.15, 0.2) is 65.9 Å². The summed E-state index contributed by atoms with van der Waals surface area (Å²) in [5, 5.41) is 30.7. The van der Waals surface area contributed by atoms with Gasteiger partial charge in [0, 0.05) is 24.4 Å². The number of fused-ring (bicyclic) bond motifs is 1. The van der Waals surface area contributed by atoms with Crippen LogP contribution in [0.4, 0.5) is 4.39 Å². The van der Waals surface area contributed by atoms with Crippen molar-refractivity contribution < 1.29 is 28.9 Å². The van der Waals surface area contributed by atoms with Crippen molar-refractivity contribution in [2.24, 2.45) is 11.1 Å². The highest BCUT2D eigenvalue weighted by atomic mass is 19.1. The maximum absolute atomic E-state index is 14.5. The smallest absolute Gasteiger partial charge is 0.426 e. The van der Waals surface area contributed by atoms with Gasteiger partial charge in [-0.05, 0) is 35.4 Å². The molecule has 2 amide bonds. The number of halogens is 1. The molecule has 1 aromatic heterocycles. The number of pyridine rings is 1. The average molecular weight is 520 g/mol. The number of benzene rings is 2. The number of carbonyl (C=O) groups is 2. The summed E-state index contributed by atoms with van der Waals surface area (Å²) in [5.41, 5.74) is -0.765. The Hall–Kier alpha value is -3.83. The van der Waals surface area contributed by atoms with E-state index in [1.165, 1.54) is 6.07 Å². The lowest BCUT2D eigenvalue weighted by atomic mass is 9.74. The molecule has 2 atom stereocenters. The molecular formula is C27H30BFN4O5. The molecule has 0 saturated heterocycles. The van der Waals surface area contributed by atoms with Gasteiger partial charge in [-0.15, -0.1) is 0 Å². The van der Waals surface area contributed by atoms with E-state index in [2.05, 4.69) is 20.8 Å². The minimum Gasteiger partial charge on any atom is -0.426 e. The number of hydrogen-bond acceptors (Lipinski definition) is 7. The van der Waals surface area contributed by atoms with Gasteiger partial charge in [-0.1, -0.05) is 61.5 Å². The lowest BCUT2D eigenvalue weighted by molar-refractivity contribution is -0.144. The van der Waals surface area contributed by atoms with E-state index < -0.39 is 36.3 Å². The highest BCUT2D eigenvalue weighted by Gasteiger charge is 2.48. The minimum absolute atomic E-state index is 0.0198. The third-order valence-corrected chi connectivity index (χ3v) is 6.43. The molecule has 1 aliphatic rings. The van der Waals surface area contributed by atoms with Gasteiger partial charge in [0.25, 0.3) is 11.8 Å². The van der Waals surface area contributed by atoms with Crippen molar-refractivity contribution in [1.29, 1.82) is 0 Å². The van der Waals surface area contributed by atoms with Crippen molar-refractivity contribution in [3.63, 3.8) is 0 Å². The third-order valence-electron chi connectivity index (χ3n) is 6.43. The quantitative estimate of drug-likeness (QED) is 0.304. The largest absolute Gasteiger partial charge is 0.475 e. The van der Waals surface area contributed by atoms with Crippen molar-refractivity contribution in [3.05, 3.63) is 77.9 Å². The molecule has 0 bridgehead atoms. The Morgan fingerprint density at radius 2 is 1.87 bits per heavy atom. The van der Waals surface area contributed by atoms with Gasteiger partial charge in [0.15, 0.2) is 0 Å². The van der Waals surface area contributed by atoms with E-state index in [4.69, 9.17) is 4.84 Å². The molecular weight excluding hydrogens is 490 g/mol. The van der Waals surface area contributed by atoms with Crippen LogP contribution in [0.5, 0.6) is 0 Å². The zero-order chi connectivity index (χ0) is 27.3. The Kier molecular flexibility index (Phi) is 8.38. The zero-order valence-corrected chi connectivity index (χ0v) is 21.2. The molecule has 0 saturated carbocycles. The first-order valence-corrected chi connectivity index (χ1v) is 12.4. The molecule has 3 aromatic rings. The van der Waals surface area contributed by atoms with Gasteiger partial charge >= 0.3 is 7.12 Å². The topological polar surface area (TPSA) is 133 Å². The standard InChI is InChI=1S/C27H30BFN4O5/c1-17(2)13-23(28(36)37)32-26(35)27(14-19-8-4-6-10-22(19)29)15-20(33-38-27)16-31-25(34)24-21-9-5-3-7-18(21)11-12-30-24/h3-12,17,23,36-37H,13-16H2,1-2H3,(H,31,34)(H,32,35). The maximum Gasteiger partial charge on any atom is 0.475 e. The first kappa shape index (κ1) is 27.2. The van der Waals surface area contributed by atoms with Crippen LogP contribution in [0.1, 0.15) is 42.7 Å². The molecule has 0 radical (unpaired) electrons. The fraction of sp³-hybridized carbons (Fsp3) is 0.333. The van der Waals surface area contributed by atoms with Crippen LogP contribution in [0.2, 0.25) is 0 Å². The Morgan fingerprint density at radius 3 is 2.61 bits per heavy atom. The number of hydrogen-bond donors (Lipinski definition) is 4. The fourth-order valence-corrected chi connectivity index (χ4v) is 4.52. The molecule has 0 spiro atoms. The van der Waals surface area contributed by atoms with Gasteiger partial charge in [-0.2, -0.15) is 0 Å². The van der Waals surface area contributed by atoms with Crippen LogP contribution >= 0.6 is 0 Å². The van der Waals surface area contributed by atoms with Crippen molar-refractivity contribution in [1.82, 2.24) is 15.6 Å². The summed E-state index contributed by atoms with van der Waals surface area (Å²) >= 11 is 0. The van der Waals surface area contributed by atoms with E-state index >= 15 is 0 Å². The van der Waals surface area contributed by atoms with E-state index in [0.29, 0.717) is 17.5 Å². The van der Waals surface area contributed by atoms with E-state index in [1.807, 2.05) is 38.1 Å². The Morgan fingerprint density at radius 1 is 1.13 bits per heavy atom. The zero-order valence-electron chi connectivity index (χ0n) is 21.2. The lowest BCUT2D eigenvalue weighted by Crippen LogP contribution is -2.56. The van der Waals surface area contributed by atoms with Gasteiger partial charge < -0.3 is 25.5 Å². The third kappa shape index (κ3) is 6.17. The number of aromatic nitrogens is 1. The van der Waals surface area contributed by atoms with Gasteiger partial charge in [0.1, 0.15) is 11.5 Å². The number of nitrogens with zero attached hydrogens (tertiary/aromatic N) is 2. The lowest BCUT2D eigenvalue weighted by Gasteiger charge is -2.29. The number of rotatable bonds is 10. The normalized spacial score (nSPS) is 17.6. The van der Waals surface area contributed by atoms with Crippen molar-refractivity contribution >= 4 is 35.4 Å². The Bertz CT molecular complexity index is 1350. The van der Waals surface area contributed by atoms with Gasteiger partial charge in [-0.25, -0.2) is 4.39 Å². The second kappa shape index (κ2) is 11.7. The van der Waals surface area contributed by atoms with Crippen molar-refractivity contribution in [3.8, 4) is 0 Å². The first-order chi connectivity index (χ1) is 18.2. The molecule has 4 N–H and O–H groups in total. The van der Waals surface area contributed by atoms with E-state index in [-0.39, 0.29) is 36.6 Å². The second-order valence-electron chi connectivity index (χ2n) is 9.87. The highest BCUT2D eigenvalue weighted by molar-refractivity contribution is 6.43. The summed E-state index contributed by atoms with van der Waals surface area (Å²) < 4.78 is 14.5. The summed E-state index contributed by atoms with van der Waals surface area (Å²) in [6.45, 7) is 3.75. The van der Waals surface area contributed by atoms with Gasteiger partial charge in [0.2, 0.25) is 5.60 Å². The monoisotopic (exact) mass is 520 g/mol. The molecule has 38 heavy (non-hydrogen) atoms. The van der Waals surface area contributed by atoms with Crippen LogP contribution in [0, 0.1) is 11.7 Å². The van der Waals surface area contributed by atoms with Crippen LogP contribution < -0.4 is 10.6 Å². The Labute approximate surface area is 220 Å². The summed E-state index contributed by atoms with van der Waals surface area (Å²) in [6, 6.07) is 15.2. The molecule has 2 unspecified atom stereocenters. The summed E-state index contributed by atoms with van der Waals surface area (Å²) in [4.78, 5) is 36.3. The van der Waals surface area contributed by atoms with E-state index in [1.54, 1.807) is 30.5 Å². The maximum atomic E-state index is 14.5. The SMILES string of the molecule is CC(C)CC(NC(=O)C1(Cc2ccccc2F)CC(CNC(=O)c2nccc3ccccc23)=NO1)B(O)O. The predicted molar refractivity (Wildman–Crippen MR) is 142 cm³/mol. The molecule has 0 fully saturated rings. The molecule has 2 aromatic carbocycles. The van der Waals surface area contributed by atoms with E-state index in [0.717, 1.165) is 5.39 Å². The van der Waals surface area contributed by atoms with Crippen molar-refractivity contribution in [2.45, 2.75) is 44.7 Å². The number of amides is 2. The molecule has 9 nitrogen and oxygen atoms in total. The fourth-order valence-electron chi connectivity index (χ4n) is 4.52. The minimum atomic E-state index is -1.79. The number of oxime groups is 1. The van der Waals surface area contributed by atoms with Crippen LogP contribution in [-0.4, -0.2) is 57.8 Å². The van der Waals surface area contributed by atoms with Crippen LogP contribution in [-0.2, 0) is 16.1 Å². The van der Waals surface area contributed by atoms with Crippen molar-refractivity contribution in [2.75, 3.05) is 6.54 Å². The highest BCUT2D eigenvalue weighted by Crippen LogP contribution is 2.30. The predicted octanol–water partition coefficient (Wildman–Crippen LogP) is 2.40. The summed E-state index contributed by atoms with van der Waals surface area (Å²) in [5.74, 6) is -2.46. The Balaban J connectivity index is 1.51. The molecule has 2 heterocycles. The summed E-state index contributed by atoms with van der Waals surface area (Å²) in [6.07, 6.45) is 1.68. The molecule has 0 aliphatic carbocycles. The molecule has 4 rings (SSSR count). The second-order valence-corrected chi connectivity index (χ2v) is 9.87. The van der Waals surface area contributed by atoms with Gasteiger partial charge in [-0.3, -0.25) is 14.6 Å². The number of nitrogens with one attached hydrogen (secondary N) is 2. The molecule has 1 aliphatic heterocycles. The van der Waals surface area contributed by atoms with E-state index in [9.17, 15) is 24.0 Å². The molecule has 11 heteroatoms. The molecule has 198 valence electrons. The van der Waals surface area contributed by atoms with Gasteiger partial charge in [0.05, 0.1) is 18.2 Å². The average Bonchev–Trinajstić information content (AvgIpc) is 3.31.